The number of rotatable bonds is 3. The van der Waals surface area contributed by atoms with Gasteiger partial charge in [0.2, 0.25) is 0 Å². The molecule has 96 valence electrons. The Balaban J connectivity index is 2.07. The molecule has 0 aliphatic carbocycles. The second-order valence-electron chi connectivity index (χ2n) is 4.72. The second-order valence-corrected chi connectivity index (χ2v) is 6.89. The molecule has 4 nitrogen and oxygen atoms in total. The Bertz CT molecular complexity index is 450. The van der Waals surface area contributed by atoms with E-state index in [0.29, 0.717) is 16.4 Å². The fourth-order valence-electron chi connectivity index (χ4n) is 2.41. The first-order valence-corrected chi connectivity index (χ1v) is 7.51. The van der Waals surface area contributed by atoms with Crippen LogP contribution >= 0.6 is 0 Å². The normalized spacial score (nSPS) is 28.9. The van der Waals surface area contributed by atoms with Gasteiger partial charge < -0.3 is 5.11 Å². The molecule has 0 aromatic rings. The molecule has 2 heterocycles. The van der Waals surface area contributed by atoms with Gasteiger partial charge in [-0.3, -0.25) is 4.90 Å². The molecule has 1 atom stereocenters. The molecule has 0 saturated carbocycles. The van der Waals surface area contributed by atoms with Crippen molar-refractivity contribution in [2.24, 2.45) is 0 Å². The Morgan fingerprint density at radius 3 is 2.76 bits per heavy atom. The first-order valence-electron chi connectivity index (χ1n) is 6.03. The molecule has 1 fully saturated rings. The van der Waals surface area contributed by atoms with Crippen LogP contribution in [-0.4, -0.2) is 44.2 Å². The number of nitrogens with zero attached hydrogens (tertiary/aromatic N) is 1. The molecule has 5 heteroatoms. The SMILES string of the molecule is CC1=CC=C(CN2CCCCC2CO)S1(=O)=O. The van der Waals surface area contributed by atoms with Crippen molar-refractivity contribution in [2.75, 3.05) is 19.7 Å². The van der Waals surface area contributed by atoms with Crippen molar-refractivity contribution in [3.63, 3.8) is 0 Å². The average Bonchev–Trinajstić information content (AvgIpc) is 2.57. The monoisotopic (exact) mass is 257 g/mol. The first kappa shape index (κ1) is 12.8. The number of likely N-dealkylation sites (tertiary alicyclic amines) is 1. The Hall–Kier alpha value is -0.650. The molecule has 0 amide bonds. The van der Waals surface area contributed by atoms with Crippen LogP contribution in [0.1, 0.15) is 26.2 Å². The summed E-state index contributed by atoms with van der Waals surface area (Å²) >= 11 is 0. The maximum Gasteiger partial charge on any atom is 0.199 e. The van der Waals surface area contributed by atoms with Crippen molar-refractivity contribution in [3.8, 4) is 0 Å². The third kappa shape index (κ3) is 2.46. The molecule has 1 N–H and O–H groups in total. The van der Waals surface area contributed by atoms with Crippen molar-refractivity contribution in [2.45, 2.75) is 32.2 Å². The fraction of sp³-hybridized carbons (Fsp3) is 0.667. The number of hydrogen-bond acceptors (Lipinski definition) is 4. The molecule has 0 aromatic carbocycles. The summed E-state index contributed by atoms with van der Waals surface area (Å²) in [6, 6.07) is 0.112. The summed E-state index contributed by atoms with van der Waals surface area (Å²) < 4.78 is 23.9. The van der Waals surface area contributed by atoms with Crippen LogP contribution in [0.5, 0.6) is 0 Å². The summed E-state index contributed by atoms with van der Waals surface area (Å²) in [6.45, 7) is 3.04. The van der Waals surface area contributed by atoms with Gasteiger partial charge in [0, 0.05) is 17.5 Å². The number of aliphatic hydroxyl groups is 1. The zero-order valence-electron chi connectivity index (χ0n) is 10.1. The number of allylic oxidation sites excluding steroid dienone is 3. The van der Waals surface area contributed by atoms with E-state index in [4.69, 9.17) is 0 Å². The molecule has 2 rings (SSSR count). The van der Waals surface area contributed by atoms with E-state index < -0.39 is 9.84 Å². The lowest BCUT2D eigenvalue weighted by atomic mass is 10.0. The van der Waals surface area contributed by atoms with E-state index in [1.165, 1.54) is 0 Å². The molecule has 1 unspecified atom stereocenters. The van der Waals surface area contributed by atoms with Crippen LogP contribution in [-0.2, 0) is 9.84 Å². The summed E-state index contributed by atoms with van der Waals surface area (Å²) in [7, 11) is -3.20. The maximum atomic E-state index is 11.9. The van der Waals surface area contributed by atoms with Crippen molar-refractivity contribution >= 4 is 9.84 Å². The van der Waals surface area contributed by atoms with E-state index in [1.807, 2.05) is 0 Å². The van der Waals surface area contributed by atoms with Gasteiger partial charge in [-0.25, -0.2) is 8.42 Å². The lowest BCUT2D eigenvalue weighted by Crippen LogP contribution is -2.43. The molecule has 2 aliphatic heterocycles. The first-order chi connectivity index (χ1) is 8.05. The summed E-state index contributed by atoms with van der Waals surface area (Å²) in [6.07, 6.45) is 6.49. The predicted octanol–water partition coefficient (Wildman–Crippen LogP) is 1.05. The minimum absolute atomic E-state index is 0.111. The number of piperidine rings is 1. The molecule has 0 aromatic heterocycles. The molecule has 0 bridgehead atoms. The predicted molar refractivity (Wildman–Crippen MR) is 67.1 cm³/mol. The van der Waals surface area contributed by atoms with Gasteiger partial charge in [0.25, 0.3) is 0 Å². The lowest BCUT2D eigenvalue weighted by Gasteiger charge is -2.34. The highest BCUT2D eigenvalue weighted by molar-refractivity contribution is 7.99. The van der Waals surface area contributed by atoms with E-state index in [2.05, 4.69) is 4.90 Å². The van der Waals surface area contributed by atoms with Crippen LogP contribution < -0.4 is 0 Å². The molecule has 0 radical (unpaired) electrons. The Kier molecular flexibility index (Phi) is 3.70. The van der Waals surface area contributed by atoms with E-state index in [9.17, 15) is 13.5 Å². The van der Waals surface area contributed by atoms with Gasteiger partial charge in [0.1, 0.15) is 0 Å². The third-order valence-electron chi connectivity index (χ3n) is 3.59. The number of sulfone groups is 1. The molecule has 0 spiro atoms. The summed E-state index contributed by atoms with van der Waals surface area (Å²) in [5.41, 5.74) is 0. The van der Waals surface area contributed by atoms with Crippen LogP contribution in [0.2, 0.25) is 0 Å². The topological polar surface area (TPSA) is 57.6 Å². The van der Waals surface area contributed by atoms with Gasteiger partial charge in [-0.2, -0.15) is 0 Å². The van der Waals surface area contributed by atoms with Gasteiger partial charge >= 0.3 is 0 Å². The molecule has 2 aliphatic rings. The van der Waals surface area contributed by atoms with E-state index in [1.54, 1.807) is 19.1 Å². The number of hydrogen-bond donors (Lipinski definition) is 1. The molecule has 17 heavy (non-hydrogen) atoms. The highest BCUT2D eigenvalue weighted by atomic mass is 32.2. The van der Waals surface area contributed by atoms with Gasteiger partial charge in [0.15, 0.2) is 9.84 Å². The Morgan fingerprint density at radius 2 is 2.18 bits per heavy atom. The molecular formula is C12H19NO3S. The van der Waals surface area contributed by atoms with Crippen LogP contribution in [0, 0.1) is 0 Å². The van der Waals surface area contributed by atoms with Gasteiger partial charge in [0.05, 0.1) is 11.5 Å². The summed E-state index contributed by atoms with van der Waals surface area (Å²) in [4.78, 5) is 2.97. The van der Waals surface area contributed by atoms with Crippen LogP contribution in [0.3, 0.4) is 0 Å². The van der Waals surface area contributed by atoms with Crippen molar-refractivity contribution in [3.05, 3.63) is 22.0 Å². The smallest absolute Gasteiger partial charge is 0.199 e. The maximum absolute atomic E-state index is 11.9. The summed E-state index contributed by atoms with van der Waals surface area (Å²) in [5.74, 6) is 0. The highest BCUT2D eigenvalue weighted by Gasteiger charge is 2.29. The fourth-order valence-corrected chi connectivity index (χ4v) is 3.65. The van der Waals surface area contributed by atoms with Gasteiger partial charge in [-0.1, -0.05) is 6.42 Å². The standard InChI is InChI=1S/C12H19NO3S/c1-10-5-6-12(17(10,15)16)8-13-7-3-2-4-11(13)9-14/h5-6,11,14H,2-4,7-9H2,1H3. The Labute approximate surface area is 103 Å². The summed E-state index contributed by atoms with van der Waals surface area (Å²) in [5, 5.41) is 9.29. The van der Waals surface area contributed by atoms with Crippen molar-refractivity contribution < 1.29 is 13.5 Å². The quantitative estimate of drug-likeness (QED) is 0.821. The Morgan fingerprint density at radius 1 is 1.41 bits per heavy atom. The largest absolute Gasteiger partial charge is 0.395 e. The van der Waals surface area contributed by atoms with Gasteiger partial charge in [-0.15, -0.1) is 0 Å². The zero-order valence-corrected chi connectivity index (χ0v) is 10.9. The van der Waals surface area contributed by atoms with E-state index in [-0.39, 0.29) is 12.6 Å². The second kappa shape index (κ2) is 4.92. The van der Waals surface area contributed by atoms with E-state index >= 15 is 0 Å². The van der Waals surface area contributed by atoms with Crippen LogP contribution in [0.4, 0.5) is 0 Å². The van der Waals surface area contributed by atoms with E-state index in [0.717, 1.165) is 25.8 Å². The van der Waals surface area contributed by atoms with Crippen LogP contribution in [0.25, 0.3) is 0 Å². The molecular weight excluding hydrogens is 238 g/mol. The minimum Gasteiger partial charge on any atom is -0.395 e. The van der Waals surface area contributed by atoms with Gasteiger partial charge in [-0.05, 0) is 38.5 Å². The van der Waals surface area contributed by atoms with Crippen LogP contribution in [0.15, 0.2) is 22.0 Å². The highest BCUT2D eigenvalue weighted by Crippen LogP contribution is 2.26. The third-order valence-corrected chi connectivity index (χ3v) is 5.53. The lowest BCUT2D eigenvalue weighted by molar-refractivity contribution is 0.1000. The van der Waals surface area contributed by atoms with Crippen molar-refractivity contribution in [1.29, 1.82) is 0 Å². The van der Waals surface area contributed by atoms with Crippen molar-refractivity contribution in [1.82, 2.24) is 4.90 Å². The number of aliphatic hydroxyl groups excluding tert-OH is 1. The molecule has 1 saturated heterocycles. The average molecular weight is 257 g/mol. The zero-order chi connectivity index (χ0) is 12.5. The minimum atomic E-state index is -3.20.